The van der Waals surface area contributed by atoms with Gasteiger partial charge in [0.15, 0.2) is 0 Å². The van der Waals surface area contributed by atoms with Crippen molar-refractivity contribution >= 4 is 34.2 Å². The van der Waals surface area contributed by atoms with Gasteiger partial charge in [-0.1, -0.05) is 60.1 Å². The predicted octanol–water partition coefficient (Wildman–Crippen LogP) is 6.43. The van der Waals surface area contributed by atoms with Crippen molar-refractivity contribution in [1.82, 2.24) is 14.3 Å². The topological polar surface area (TPSA) is 51.9 Å². The lowest BCUT2D eigenvalue weighted by Crippen LogP contribution is -2.20. The molecule has 0 radical (unpaired) electrons. The van der Waals surface area contributed by atoms with E-state index in [0.29, 0.717) is 10.8 Å². The van der Waals surface area contributed by atoms with Gasteiger partial charge in [0.25, 0.3) is 0 Å². The van der Waals surface area contributed by atoms with Crippen LogP contribution >= 0.6 is 11.6 Å². The predicted molar refractivity (Wildman–Crippen MR) is 134 cm³/mol. The molecule has 0 aliphatic carbocycles. The highest BCUT2D eigenvalue weighted by Crippen LogP contribution is 2.30. The molecule has 33 heavy (non-hydrogen) atoms. The van der Waals surface area contributed by atoms with Gasteiger partial charge in [-0.3, -0.25) is 4.79 Å². The number of fused-ring (bicyclic) bond motifs is 1. The van der Waals surface area contributed by atoms with Crippen LogP contribution in [0.3, 0.4) is 0 Å². The third kappa shape index (κ3) is 4.03. The van der Waals surface area contributed by atoms with E-state index in [9.17, 15) is 4.79 Å². The molecule has 2 aromatic heterocycles. The zero-order valence-corrected chi connectivity index (χ0v) is 19.1. The van der Waals surface area contributed by atoms with Gasteiger partial charge in [-0.15, -0.1) is 0 Å². The summed E-state index contributed by atoms with van der Waals surface area (Å²) in [7, 11) is 2.00. The highest BCUT2D eigenvalue weighted by Gasteiger charge is 2.22. The van der Waals surface area contributed by atoms with Crippen molar-refractivity contribution in [3.05, 3.63) is 102 Å². The molecule has 2 heterocycles. The SMILES string of the molecule is CC(C(=O)Nc1cc(-c2cccc(Cl)c2)nn1-c1ccccc1)c1cn(C)c2ccccc12. The van der Waals surface area contributed by atoms with Gasteiger partial charge < -0.3 is 9.88 Å². The van der Waals surface area contributed by atoms with Gasteiger partial charge in [0.1, 0.15) is 5.82 Å². The molecule has 0 saturated heterocycles. The molecule has 5 aromatic rings. The number of para-hydroxylation sites is 2. The van der Waals surface area contributed by atoms with Crippen LogP contribution in [0, 0.1) is 0 Å². The Kier molecular flexibility index (Phi) is 5.48. The van der Waals surface area contributed by atoms with E-state index in [1.165, 1.54) is 0 Å². The Hall–Kier alpha value is -3.83. The molecule has 0 spiro atoms. The number of benzene rings is 3. The van der Waals surface area contributed by atoms with E-state index >= 15 is 0 Å². The monoisotopic (exact) mass is 454 g/mol. The summed E-state index contributed by atoms with van der Waals surface area (Å²) < 4.78 is 3.81. The number of aryl methyl sites for hydroxylation is 1. The molecule has 1 amide bonds. The summed E-state index contributed by atoms with van der Waals surface area (Å²) in [5, 5.41) is 9.59. The number of carbonyl (C=O) groups is 1. The highest BCUT2D eigenvalue weighted by atomic mass is 35.5. The summed E-state index contributed by atoms with van der Waals surface area (Å²) in [6, 6.07) is 27.3. The van der Waals surface area contributed by atoms with Crippen molar-refractivity contribution in [2.45, 2.75) is 12.8 Å². The number of nitrogens with zero attached hydrogens (tertiary/aromatic N) is 3. The third-order valence-corrected chi connectivity index (χ3v) is 6.10. The van der Waals surface area contributed by atoms with Crippen LogP contribution in [-0.4, -0.2) is 20.3 Å². The third-order valence-electron chi connectivity index (χ3n) is 5.87. The molecule has 0 bridgehead atoms. The largest absolute Gasteiger partial charge is 0.350 e. The fraction of sp³-hybridized carbons (Fsp3) is 0.111. The number of nitrogens with one attached hydrogen (secondary N) is 1. The summed E-state index contributed by atoms with van der Waals surface area (Å²) in [5.41, 5.74) is 4.57. The standard InChI is InChI=1S/C27H23ClN4O/c1-18(23-17-31(2)25-14-7-6-13-22(23)25)27(33)29-26-16-24(19-9-8-10-20(28)15-19)30-32(26)21-11-4-3-5-12-21/h3-18H,1-2H3,(H,29,33). The average Bonchev–Trinajstić information content (AvgIpc) is 3.41. The summed E-state index contributed by atoms with van der Waals surface area (Å²) in [5.74, 6) is 0.166. The van der Waals surface area contributed by atoms with E-state index < -0.39 is 0 Å². The van der Waals surface area contributed by atoms with E-state index in [2.05, 4.69) is 22.0 Å². The summed E-state index contributed by atoms with van der Waals surface area (Å²) in [6.45, 7) is 1.93. The average molecular weight is 455 g/mol. The van der Waals surface area contributed by atoms with Gasteiger partial charge in [-0.2, -0.15) is 5.10 Å². The molecule has 3 aromatic carbocycles. The molecule has 0 fully saturated rings. The van der Waals surface area contributed by atoms with Crippen LogP contribution in [-0.2, 0) is 11.8 Å². The van der Waals surface area contributed by atoms with Crippen molar-refractivity contribution in [2.24, 2.45) is 7.05 Å². The molecule has 0 saturated carbocycles. The zero-order valence-electron chi connectivity index (χ0n) is 18.4. The lowest BCUT2D eigenvalue weighted by Gasteiger charge is -2.13. The van der Waals surface area contributed by atoms with E-state index in [1.807, 2.05) is 93.0 Å². The van der Waals surface area contributed by atoms with Gasteiger partial charge in [0.2, 0.25) is 5.91 Å². The Bertz CT molecular complexity index is 1450. The minimum absolute atomic E-state index is 0.0962. The smallest absolute Gasteiger partial charge is 0.232 e. The first kappa shape index (κ1) is 21.0. The first-order valence-electron chi connectivity index (χ1n) is 10.8. The van der Waals surface area contributed by atoms with Gasteiger partial charge >= 0.3 is 0 Å². The zero-order chi connectivity index (χ0) is 22.9. The molecule has 0 aliphatic rings. The number of hydrogen-bond donors (Lipinski definition) is 1. The number of anilines is 1. The second-order valence-corrected chi connectivity index (χ2v) is 8.53. The Labute approximate surface area is 197 Å². The van der Waals surface area contributed by atoms with Crippen LogP contribution in [0.2, 0.25) is 5.02 Å². The van der Waals surface area contributed by atoms with Crippen LogP contribution in [0.1, 0.15) is 18.4 Å². The van der Waals surface area contributed by atoms with Crippen LogP contribution in [0.25, 0.3) is 27.8 Å². The van der Waals surface area contributed by atoms with Crippen LogP contribution < -0.4 is 5.32 Å². The summed E-state index contributed by atoms with van der Waals surface area (Å²) >= 11 is 6.20. The van der Waals surface area contributed by atoms with Crippen LogP contribution in [0.15, 0.2) is 91.1 Å². The van der Waals surface area contributed by atoms with E-state index in [-0.39, 0.29) is 11.8 Å². The first-order chi connectivity index (χ1) is 16.0. The molecule has 5 rings (SSSR count). The van der Waals surface area contributed by atoms with Crippen molar-refractivity contribution < 1.29 is 4.79 Å². The Morgan fingerprint density at radius 3 is 2.52 bits per heavy atom. The summed E-state index contributed by atoms with van der Waals surface area (Å²) in [6.07, 6.45) is 2.03. The van der Waals surface area contributed by atoms with E-state index in [1.54, 1.807) is 4.68 Å². The maximum absolute atomic E-state index is 13.4. The van der Waals surface area contributed by atoms with Gasteiger partial charge in [0.05, 0.1) is 17.3 Å². The molecule has 1 N–H and O–H groups in total. The Morgan fingerprint density at radius 2 is 1.73 bits per heavy atom. The molecule has 1 atom stereocenters. The molecule has 6 heteroatoms. The normalized spacial score (nSPS) is 12.1. The van der Waals surface area contributed by atoms with Crippen molar-refractivity contribution in [1.29, 1.82) is 0 Å². The van der Waals surface area contributed by atoms with Crippen LogP contribution in [0.4, 0.5) is 5.82 Å². The van der Waals surface area contributed by atoms with Crippen molar-refractivity contribution in [3.8, 4) is 16.9 Å². The summed E-state index contributed by atoms with van der Waals surface area (Å²) in [4.78, 5) is 13.4. The number of rotatable bonds is 5. The first-order valence-corrected chi connectivity index (χ1v) is 11.2. The van der Waals surface area contributed by atoms with Crippen molar-refractivity contribution in [3.63, 3.8) is 0 Å². The quantitative estimate of drug-likeness (QED) is 0.333. The lowest BCUT2D eigenvalue weighted by atomic mass is 10.00. The molecule has 1 unspecified atom stereocenters. The Morgan fingerprint density at radius 1 is 0.970 bits per heavy atom. The van der Waals surface area contributed by atoms with E-state index in [0.717, 1.165) is 33.4 Å². The minimum Gasteiger partial charge on any atom is -0.350 e. The number of aromatic nitrogens is 3. The second-order valence-electron chi connectivity index (χ2n) is 8.10. The fourth-order valence-corrected chi connectivity index (χ4v) is 4.31. The maximum atomic E-state index is 13.4. The van der Waals surface area contributed by atoms with Crippen molar-refractivity contribution in [2.75, 3.05) is 5.32 Å². The molecular formula is C27H23ClN4O. The maximum Gasteiger partial charge on any atom is 0.232 e. The molecule has 164 valence electrons. The van der Waals surface area contributed by atoms with Gasteiger partial charge in [-0.25, -0.2) is 4.68 Å². The van der Waals surface area contributed by atoms with Gasteiger partial charge in [-0.05, 0) is 42.8 Å². The van der Waals surface area contributed by atoms with Gasteiger partial charge in [0, 0.05) is 40.8 Å². The molecule has 5 nitrogen and oxygen atoms in total. The number of halogens is 1. The number of amides is 1. The lowest BCUT2D eigenvalue weighted by molar-refractivity contribution is -0.117. The Balaban J connectivity index is 1.52. The number of hydrogen-bond acceptors (Lipinski definition) is 2. The minimum atomic E-state index is -0.343. The molecule has 0 aliphatic heterocycles. The highest BCUT2D eigenvalue weighted by molar-refractivity contribution is 6.30. The fourth-order valence-electron chi connectivity index (χ4n) is 4.12. The number of carbonyl (C=O) groups excluding carboxylic acids is 1. The molecular weight excluding hydrogens is 432 g/mol. The van der Waals surface area contributed by atoms with E-state index in [4.69, 9.17) is 16.7 Å². The second kappa shape index (κ2) is 8.60. The van der Waals surface area contributed by atoms with Crippen LogP contribution in [0.5, 0.6) is 0 Å².